The van der Waals surface area contributed by atoms with Crippen LogP contribution in [0.1, 0.15) is 13.3 Å². The largest absolute Gasteiger partial charge is 0.269 e. The fourth-order valence-corrected chi connectivity index (χ4v) is 0.679. The van der Waals surface area contributed by atoms with Gasteiger partial charge in [0.15, 0.2) is 0 Å². The molecule has 1 heteroatoms. The van der Waals surface area contributed by atoms with Crippen molar-refractivity contribution in [1.82, 2.24) is 0 Å². The van der Waals surface area contributed by atoms with E-state index in [-0.39, 0.29) is 0 Å². The highest BCUT2D eigenvalue weighted by atomic mass is 14.7. The van der Waals surface area contributed by atoms with E-state index < -0.39 is 0 Å². The van der Waals surface area contributed by atoms with Gasteiger partial charge in [-0.05, 0) is 13.1 Å². The van der Waals surface area contributed by atoms with E-state index in [1.54, 1.807) is 0 Å². The summed E-state index contributed by atoms with van der Waals surface area (Å²) in [5.41, 5.74) is 1.17. The molecule has 1 rings (SSSR count). The maximum Gasteiger partial charge on any atom is 0.0388 e. The SMILES string of the molecule is C=NC1=CCC1C. The molecule has 0 saturated carbocycles. The monoisotopic (exact) mass is 95.1 g/mol. The fourth-order valence-electron chi connectivity index (χ4n) is 0.679. The second kappa shape index (κ2) is 1.49. The van der Waals surface area contributed by atoms with Crippen molar-refractivity contribution in [1.29, 1.82) is 0 Å². The van der Waals surface area contributed by atoms with Gasteiger partial charge in [-0.3, -0.25) is 4.99 Å². The molecule has 0 heterocycles. The number of nitrogens with zero attached hydrogens (tertiary/aromatic N) is 1. The lowest BCUT2D eigenvalue weighted by Gasteiger charge is -2.17. The molecule has 0 aromatic rings. The highest BCUT2D eigenvalue weighted by Gasteiger charge is 2.12. The van der Waals surface area contributed by atoms with Crippen molar-refractivity contribution in [2.24, 2.45) is 10.9 Å². The first kappa shape index (κ1) is 4.57. The van der Waals surface area contributed by atoms with Crippen LogP contribution in [0.3, 0.4) is 0 Å². The highest BCUT2D eigenvalue weighted by Crippen LogP contribution is 2.25. The molecule has 1 nitrogen and oxygen atoms in total. The first-order chi connectivity index (χ1) is 3.34. The lowest BCUT2D eigenvalue weighted by Crippen LogP contribution is -2.04. The van der Waals surface area contributed by atoms with Crippen molar-refractivity contribution < 1.29 is 0 Å². The molecule has 1 aliphatic rings. The molecular weight excluding hydrogens is 86.1 g/mol. The Bertz CT molecular complexity index is 113. The predicted molar refractivity (Wildman–Crippen MR) is 31.4 cm³/mol. The number of hydrogen-bond acceptors (Lipinski definition) is 1. The molecule has 0 N–H and O–H groups in total. The van der Waals surface area contributed by atoms with Gasteiger partial charge in [0.25, 0.3) is 0 Å². The first-order valence-corrected chi connectivity index (χ1v) is 2.51. The van der Waals surface area contributed by atoms with Gasteiger partial charge in [0.1, 0.15) is 0 Å². The smallest absolute Gasteiger partial charge is 0.0388 e. The molecule has 1 atom stereocenters. The second-order valence-corrected chi connectivity index (χ2v) is 1.92. The molecule has 7 heavy (non-hydrogen) atoms. The Morgan fingerprint density at radius 1 is 2.00 bits per heavy atom. The van der Waals surface area contributed by atoms with Crippen molar-refractivity contribution >= 4 is 6.72 Å². The van der Waals surface area contributed by atoms with E-state index in [1.165, 1.54) is 12.1 Å². The third-order valence-electron chi connectivity index (χ3n) is 1.37. The lowest BCUT2D eigenvalue weighted by molar-refractivity contribution is 0.617. The van der Waals surface area contributed by atoms with Crippen molar-refractivity contribution in [3.63, 3.8) is 0 Å². The van der Waals surface area contributed by atoms with Crippen molar-refractivity contribution in [3.8, 4) is 0 Å². The summed E-state index contributed by atoms with van der Waals surface area (Å²) in [7, 11) is 0. The van der Waals surface area contributed by atoms with Crippen LogP contribution in [0.2, 0.25) is 0 Å². The standard InChI is InChI=1S/C6H9N/c1-5-3-4-6(5)7-2/h4-5H,2-3H2,1H3. The van der Waals surface area contributed by atoms with E-state index in [0.29, 0.717) is 5.92 Å². The van der Waals surface area contributed by atoms with Crippen LogP contribution in [0.4, 0.5) is 0 Å². The number of rotatable bonds is 1. The molecule has 0 fully saturated rings. The predicted octanol–water partition coefficient (Wildman–Crippen LogP) is 1.61. The average molecular weight is 95.1 g/mol. The van der Waals surface area contributed by atoms with Gasteiger partial charge in [0, 0.05) is 11.6 Å². The van der Waals surface area contributed by atoms with Crippen LogP contribution >= 0.6 is 0 Å². The van der Waals surface area contributed by atoms with E-state index in [2.05, 4.69) is 24.7 Å². The number of allylic oxidation sites excluding steroid dienone is 2. The molecule has 1 unspecified atom stereocenters. The van der Waals surface area contributed by atoms with Gasteiger partial charge < -0.3 is 0 Å². The summed E-state index contributed by atoms with van der Waals surface area (Å²) in [6, 6.07) is 0. The van der Waals surface area contributed by atoms with Crippen LogP contribution in [0.15, 0.2) is 16.8 Å². The van der Waals surface area contributed by atoms with Gasteiger partial charge in [-0.25, -0.2) is 0 Å². The van der Waals surface area contributed by atoms with Gasteiger partial charge in [0.05, 0.1) is 0 Å². The van der Waals surface area contributed by atoms with Gasteiger partial charge in [-0.2, -0.15) is 0 Å². The van der Waals surface area contributed by atoms with Crippen LogP contribution < -0.4 is 0 Å². The molecular formula is C6H9N. The summed E-state index contributed by atoms with van der Waals surface area (Å²) in [5.74, 6) is 0.678. The van der Waals surface area contributed by atoms with Crippen LogP contribution in [0.25, 0.3) is 0 Å². The van der Waals surface area contributed by atoms with E-state index >= 15 is 0 Å². The summed E-state index contributed by atoms with van der Waals surface area (Å²) >= 11 is 0. The quantitative estimate of drug-likeness (QED) is 0.439. The van der Waals surface area contributed by atoms with E-state index in [1.807, 2.05) is 0 Å². The Morgan fingerprint density at radius 2 is 2.71 bits per heavy atom. The molecule has 0 aliphatic heterocycles. The minimum Gasteiger partial charge on any atom is -0.269 e. The van der Waals surface area contributed by atoms with Gasteiger partial charge in [0.2, 0.25) is 0 Å². The summed E-state index contributed by atoms with van der Waals surface area (Å²) in [6.07, 6.45) is 3.30. The summed E-state index contributed by atoms with van der Waals surface area (Å²) < 4.78 is 0. The molecule has 0 bridgehead atoms. The molecule has 0 aromatic carbocycles. The van der Waals surface area contributed by atoms with E-state index in [9.17, 15) is 0 Å². The van der Waals surface area contributed by atoms with Crippen LogP contribution in [0.5, 0.6) is 0 Å². The Morgan fingerprint density at radius 3 is 2.71 bits per heavy atom. The molecule has 38 valence electrons. The first-order valence-electron chi connectivity index (χ1n) is 2.51. The maximum atomic E-state index is 3.79. The number of aliphatic imine (C=N–C) groups is 1. The Kier molecular flexibility index (Phi) is 0.970. The highest BCUT2D eigenvalue weighted by molar-refractivity contribution is 5.32. The zero-order valence-corrected chi connectivity index (χ0v) is 4.52. The third kappa shape index (κ3) is 0.581. The molecule has 0 aromatic heterocycles. The molecule has 1 aliphatic carbocycles. The fraction of sp³-hybridized carbons (Fsp3) is 0.500. The average Bonchev–Trinajstić information content (AvgIpc) is 1.65. The maximum absolute atomic E-state index is 3.79. The van der Waals surface area contributed by atoms with Crippen LogP contribution in [-0.2, 0) is 0 Å². The molecule has 0 amide bonds. The Hall–Kier alpha value is -0.590. The molecule has 0 radical (unpaired) electrons. The topological polar surface area (TPSA) is 12.4 Å². The zero-order valence-electron chi connectivity index (χ0n) is 4.52. The normalized spacial score (nSPS) is 28.1. The summed E-state index contributed by atoms with van der Waals surface area (Å²) in [4.78, 5) is 3.79. The minimum atomic E-state index is 0.678. The van der Waals surface area contributed by atoms with Gasteiger partial charge >= 0.3 is 0 Å². The van der Waals surface area contributed by atoms with E-state index in [4.69, 9.17) is 0 Å². The van der Waals surface area contributed by atoms with Crippen molar-refractivity contribution in [2.75, 3.05) is 0 Å². The summed E-state index contributed by atoms with van der Waals surface area (Å²) in [6.45, 7) is 5.57. The van der Waals surface area contributed by atoms with Crippen molar-refractivity contribution in [2.45, 2.75) is 13.3 Å². The van der Waals surface area contributed by atoms with Crippen molar-refractivity contribution in [3.05, 3.63) is 11.8 Å². The van der Waals surface area contributed by atoms with Crippen LogP contribution in [0, 0.1) is 5.92 Å². The lowest BCUT2D eigenvalue weighted by atomic mass is 9.93. The minimum absolute atomic E-state index is 0.678. The van der Waals surface area contributed by atoms with Gasteiger partial charge in [-0.1, -0.05) is 13.0 Å². The molecule has 0 spiro atoms. The third-order valence-corrected chi connectivity index (χ3v) is 1.37. The van der Waals surface area contributed by atoms with E-state index in [0.717, 1.165) is 0 Å². The summed E-state index contributed by atoms with van der Waals surface area (Å²) in [5, 5.41) is 0. The van der Waals surface area contributed by atoms with Gasteiger partial charge in [-0.15, -0.1) is 0 Å². The second-order valence-electron chi connectivity index (χ2n) is 1.92. The Balaban J connectivity index is 2.56. The van der Waals surface area contributed by atoms with Crippen LogP contribution in [-0.4, -0.2) is 6.72 Å². The zero-order chi connectivity index (χ0) is 5.28. The number of hydrogen-bond donors (Lipinski definition) is 0. The molecule has 0 saturated heterocycles. The Labute approximate surface area is 43.8 Å².